The van der Waals surface area contributed by atoms with Crippen molar-refractivity contribution in [3.05, 3.63) is 36.1 Å². The van der Waals surface area contributed by atoms with Crippen LogP contribution in [0.1, 0.15) is 47.5 Å². The average molecular weight is 207 g/mol. The summed E-state index contributed by atoms with van der Waals surface area (Å²) in [5, 5.41) is 3.59. The second kappa shape index (κ2) is 7.33. The van der Waals surface area contributed by atoms with Crippen LogP contribution >= 0.6 is 0 Å². The standard InChI is InChI=1S/C14H25N/c1-6-10-12-13(11-7-2)15-14(5,8-3)9-4/h6-7,10-12,15H,8-9H2,1-5H3/b10-6-,11-7-,13-12+. The number of rotatable bonds is 6. The maximum absolute atomic E-state index is 3.59. The molecule has 0 bridgehead atoms. The van der Waals surface area contributed by atoms with Gasteiger partial charge in [0, 0.05) is 11.2 Å². The summed E-state index contributed by atoms with van der Waals surface area (Å²) in [4.78, 5) is 0. The van der Waals surface area contributed by atoms with Crippen molar-refractivity contribution in [2.75, 3.05) is 0 Å². The first-order valence-corrected chi connectivity index (χ1v) is 5.85. The van der Waals surface area contributed by atoms with Crippen LogP contribution in [0.15, 0.2) is 36.1 Å². The van der Waals surface area contributed by atoms with Gasteiger partial charge in [0.15, 0.2) is 0 Å². The lowest BCUT2D eigenvalue weighted by Gasteiger charge is -2.30. The van der Waals surface area contributed by atoms with Crippen LogP contribution in [0.2, 0.25) is 0 Å². The summed E-state index contributed by atoms with van der Waals surface area (Å²) >= 11 is 0. The number of allylic oxidation sites excluding steroid dienone is 5. The summed E-state index contributed by atoms with van der Waals surface area (Å²) in [5.74, 6) is 0. The molecule has 0 fully saturated rings. The van der Waals surface area contributed by atoms with E-state index < -0.39 is 0 Å². The molecule has 1 N–H and O–H groups in total. The van der Waals surface area contributed by atoms with Crippen LogP contribution in [0.5, 0.6) is 0 Å². The third-order valence-electron chi connectivity index (χ3n) is 2.82. The highest BCUT2D eigenvalue weighted by molar-refractivity contribution is 5.23. The zero-order chi connectivity index (χ0) is 11.7. The molecular formula is C14H25N. The first-order valence-electron chi connectivity index (χ1n) is 5.85. The molecule has 0 aliphatic rings. The molecular weight excluding hydrogens is 182 g/mol. The van der Waals surface area contributed by atoms with E-state index >= 15 is 0 Å². The molecule has 0 unspecified atom stereocenters. The lowest BCUT2D eigenvalue weighted by molar-refractivity contribution is 0.367. The van der Waals surface area contributed by atoms with Crippen LogP contribution in [-0.4, -0.2) is 5.54 Å². The minimum absolute atomic E-state index is 0.201. The molecule has 0 atom stereocenters. The van der Waals surface area contributed by atoms with Crippen LogP contribution in [0, 0.1) is 0 Å². The fourth-order valence-corrected chi connectivity index (χ4v) is 1.29. The van der Waals surface area contributed by atoms with E-state index in [2.05, 4.69) is 50.4 Å². The van der Waals surface area contributed by atoms with Crippen molar-refractivity contribution in [3.63, 3.8) is 0 Å². The zero-order valence-electron chi connectivity index (χ0n) is 10.8. The largest absolute Gasteiger partial charge is 0.380 e. The Bertz CT molecular complexity index is 242. The Morgan fingerprint density at radius 2 is 1.73 bits per heavy atom. The molecule has 0 aromatic heterocycles. The molecule has 0 aliphatic carbocycles. The smallest absolute Gasteiger partial charge is 0.0340 e. The highest BCUT2D eigenvalue weighted by Gasteiger charge is 2.18. The van der Waals surface area contributed by atoms with Gasteiger partial charge in [-0.2, -0.15) is 0 Å². The Hall–Kier alpha value is -0.980. The molecule has 86 valence electrons. The summed E-state index contributed by atoms with van der Waals surface area (Å²) in [5.41, 5.74) is 1.38. The van der Waals surface area contributed by atoms with E-state index in [0.717, 1.165) is 12.8 Å². The molecule has 0 saturated heterocycles. The SMILES string of the molecule is C\C=C/C=C(\C=C/C)NC(C)(CC)CC. The first-order chi connectivity index (χ1) is 7.11. The highest BCUT2D eigenvalue weighted by Crippen LogP contribution is 2.16. The average Bonchev–Trinajstić information content (AvgIpc) is 2.26. The van der Waals surface area contributed by atoms with Crippen LogP contribution in [0.25, 0.3) is 0 Å². The van der Waals surface area contributed by atoms with Crippen molar-refractivity contribution in [1.82, 2.24) is 5.32 Å². The van der Waals surface area contributed by atoms with E-state index in [-0.39, 0.29) is 5.54 Å². The van der Waals surface area contributed by atoms with E-state index in [4.69, 9.17) is 0 Å². The topological polar surface area (TPSA) is 12.0 Å². The van der Waals surface area contributed by atoms with Crippen LogP contribution in [0.3, 0.4) is 0 Å². The maximum atomic E-state index is 3.59. The minimum Gasteiger partial charge on any atom is -0.380 e. The third kappa shape index (κ3) is 5.46. The van der Waals surface area contributed by atoms with E-state index in [1.165, 1.54) is 5.70 Å². The van der Waals surface area contributed by atoms with Gasteiger partial charge in [-0.3, -0.25) is 0 Å². The van der Waals surface area contributed by atoms with E-state index in [0.29, 0.717) is 0 Å². The molecule has 15 heavy (non-hydrogen) atoms. The lowest BCUT2D eigenvalue weighted by Crippen LogP contribution is -2.39. The van der Waals surface area contributed by atoms with Gasteiger partial charge in [0.05, 0.1) is 0 Å². The Morgan fingerprint density at radius 3 is 2.13 bits per heavy atom. The molecule has 0 radical (unpaired) electrons. The van der Waals surface area contributed by atoms with Crippen molar-refractivity contribution in [2.45, 2.75) is 53.0 Å². The zero-order valence-corrected chi connectivity index (χ0v) is 10.8. The normalized spacial score (nSPS) is 14.1. The third-order valence-corrected chi connectivity index (χ3v) is 2.82. The lowest BCUT2D eigenvalue weighted by atomic mass is 9.95. The minimum atomic E-state index is 0.201. The van der Waals surface area contributed by atoms with E-state index in [1.54, 1.807) is 0 Å². The van der Waals surface area contributed by atoms with Gasteiger partial charge in [0.1, 0.15) is 0 Å². The fraction of sp³-hybridized carbons (Fsp3) is 0.571. The second-order valence-corrected chi connectivity index (χ2v) is 4.04. The summed E-state index contributed by atoms with van der Waals surface area (Å²) < 4.78 is 0. The predicted molar refractivity (Wildman–Crippen MR) is 69.8 cm³/mol. The van der Waals surface area contributed by atoms with Gasteiger partial charge in [-0.1, -0.05) is 32.1 Å². The van der Waals surface area contributed by atoms with Gasteiger partial charge < -0.3 is 5.32 Å². The molecule has 0 aromatic rings. The van der Waals surface area contributed by atoms with Crippen molar-refractivity contribution in [1.29, 1.82) is 0 Å². The summed E-state index contributed by atoms with van der Waals surface area (Å²) in [7, 11) is 0. The first kappa shape index (κ1) is 14.0. The van der Waals surface area contributed by atoms with Crippen molar-refractivity contribution < 1.29 is 0 Å². The van der Waals surface area contributed by atoms with Gasteiger partial charge in [-0.15, -0.1) is 0 Å². The van der Waals surface area contributed by atoms with Crippen LogP contribution in [0.4, 0.5) is 0 Å². The van der Waals surface area contributed by atoms with Gasteiger partial charge >= 0.3 is 0 Å². The number of hydrogen-bond acceptors (Lipinski definition) is 1. The number of nitrogens with one attached hydrogen (secondary N) is 1. The van der Waals surface area contributed by atoms with Gasteiger partial charge in [-0.05, 0) is 45.8 Å². The molecule has 0 heterocycles. The highest BCUT2D eigenvalue weighted by atomic mass is 15.0. The van der Waals surface area contributed by atoms with Crippen LogP contribution in [-0.2, 0) is 0 Å². The Morgan fingerprint density at radius 1 is 1.13 bits per heavy atom. The van der Waals surface area contributed by atoms with Crippen molar-refractivity contribution >= 4 is 0 Å². The second-order valence-electron chi connectivity index (χ2n) is 4.04. The predicted octanol–water partition coefficient (Wildman–Crippen LogP) is 4.19. The molecule has 0 rings (SSSR count). The molecule has 0 amide bonds. The van der Waals surface area contributed by atoms with Gasteiger partial charge in [0.2, 0.25) is 0 Å². The molecule has 0 aliphatic heterocycles. The quantitative estimate of drug-likeness (QED) is 0.644. The summed E-state index contributed by atoms with van der Waals surface area (Å²) in [6, 6.07) is 0. The fourth-order valence-electron chi connectivity index (χ4n) is 1.29. The monoisotopic (exact) mass is 207 g/mol. The summed E-state index contributed by atoms with van der Waals surface area (Å²) in [6.45, 7) is 10.8. The van der Waals surface area contributed by atoms with Crippen molar-refractivity contribution in [3.8, 4) is 0 Å². The Labute approximate surface area is 95.0 Å². The Balaban J connectivity index is 4.67. The summed E-state index contributed by atoms with van der Waals surface area (Å²) in [6.07, 6.45) is 12.7. The Kier molecular flexibility index (Phi) is 6.85. The van der Waals surface area contributed by atoms with Crippen molar-refractivity contribution in [2.24, 2.45) is 0 Å². The molecule has 0 saturated carbocycles. The molecule has 1 nitrogen and oxygen atoms in total. The molecule has 1 heteroatoms. The maximum Gasteiger partial charge on any atom is 0.0340 e. The molecule has 0 spiro atoms. The van der Waals surface area contributed by atoms with Gasteiger partial charge in [0.25, 0.3) is 0 Å². The van der Waals surface area contributed by atoms with Crippen LogP contribution < -0.4 is 5.32 Å². The number of hydrogen-bond donors (Lipinski definition) is 1. The van der Waals surface area contributed by atoms with Gasteiger partial charge in [-0.25, -0.2) is 0 Å². The molecule has 0 aromatic carbocycles. The van der Waals surface area contributed by atoms with E-state index in [1.807, 2.05) is 19.9 Å². The van der Waals surface area contributed by atoms with E-state index in [9.17, 15) is 0 Å².